The maximum Gasteiger partial charge on any atom is 0.326 e. The van der Waals surface area contributed by atoms with E-state index in [0.717, 1.165) is 10.2 Å². The summed E-state index contributed by atoms with van der Waals surface area (Å²) in [6.45, 7) is 2.23. The zero-order valence-corrected chi connectivity index (χ0v) is 16.8. The van der Waals surface area contributed by atoms with Gasteiger partial charge in [-0.05, 0) is 37.3 Å². The van der Waals surface area contributed by atoms with Crippen LogP contribution in [0.15, 0.2) is 53.5 Å². The van der Waals surface area contributed by atoms with E-state index in [4.69, 9.17) is 21.1 Å². The maximum absolute atomic E-state index is 12.3. The van der Waals surface area contributed by atoms with Crippen LogP contribution in [-0.4, -0.2) is 29.7 Å². The van der Waals surface area contributed by atoms with E-state index in [-0.39, 0.29) is 32.1 Å². The average molecular weight is 419 g/mol. The second-order valence-electron chi connectivity index (χ2n) is 5.80. The molecule has 0 aliphatic rings. The molecule has 0 bridgehead atoms. The number of amides is 1. The summed E-state index contributed by atoms with van der Waals surface area (Å²) in [6.07, 6.45) is 0.128. The Kier molecular flexibility index (Phi) is 6.84. The summed E-state index contributed by atoms with van der Waals surface area (Å²) in [5.41, 5.74) is 0.773. The summed E-state index contributed by atoms with van der Waals surface area (Å²) in [6, 6.07) is 14.6. The van der Waals surface area contributed by atoms with Gasteiger partial charge in [0.15, 0.2) is 4.80 Å². The molecule has 1 aromatic heterocycles. The van der Waals surface area contributed by atoms with Crippen molar-refractivity contribution >= 4 is 45.0 Å². The minimum atomic E-state index is -0.390. The molecule has 0 atom stereocenters. The third-order valence-corrected chi connectivity index (χ3v) is 5.06. The highest BCUT2D eigenvalue weighted by molar-refractivity contribution is 7.16. The zero-order chi connectivity index (χ0) is 19.9. The van der Waals surface area contributed by atoms with Gasteiger partial charge in [0.2, 0.25) is 0 Å². The van der Waals surface area contributed by atoms with Crippen molar-refractivity contribution in [2.75, 3.05) is 13.2 Å². The van der Waals surface area contributed by atoms with Gasteiger partial charge < -0.3 is 14.0 Å². The molecule has 0 saturated heterocycles. The standard InChI is InChI=1S/C20H19ClN2O4S/c1-2-26-19(25)13-23-16-9-8-14(21)12-17(16)28-20(23)22-18(24)10-11-27-15-6-4-3-5-7-15/h3-9,12H,2,10-11,13H2,1H3. The summed E-state index contributed by atoms with van der Waals surface area (Å²) in [5, 5.41) is 0.575. The number of benzene rings is 2. The number of esters is 1. The van der Waals surface area contributed by atoms with Crippen molar-refractivity contribution in [3.8, 4) is 5.75 Å². The minimum Gasteiger partial charge on any atom is -0.493 e. The number of nitrogens with zero attached hydrogens (tertiary/aromatic N) is 2. The molecule has 146 valence electrons. The van der Waals surface area contributed by atoms with Crippen LogP contribution in [0, 0.1) is 0 Å². The number of carbonyl (C=O) groups excluding carboxylic acids is 2. The quantitative estimate of drug-likeness (QED) is 0.547. The van der Waals surface area contributed by atoms with Crippen molar-refractivity contribution in [3.63, 3.8) is 0 Å². The lowest BCUT2D eigenvalue weighted by Gasteiger charge is -2.05. The largest absolute Gasteiger partial charge is 0.493 e. The summed E-state index contributed by atoms with van der Waals surface area (Å²) < 4.78 is 13.1. The van der Waals surface area contributed by atoms with E-state index in [1.807, 2.05) is 30.3 Å². The number of rotatable bonds is 7. The Labute approximate surface area is 171 Å². The number of thiazole rings is 1. The summed E-state index contributed by atoms with van der Waals surface area (Å²) in [5.74, 6) is -0.0196. The molecule has 0 N–H and O–H groups in total. The van der Waals surface area contributed by atoms with Crippen LogP contribution in [-0.2, 0) is 20.9 Å². The number of ether oxygens (including phenoxy) is 2. The molecule has 0 radical (unpaired) electrons. The van der Waals surface area contributed by atoms with Crippen molar-refractivity contribution in [1.82, 2.24) is 4.57 Å². The fourth-order valence-corrected chi connectivity index (χ4v) is 3.88. The fourth-order valence-electron chi connectivity index (χ4n) is 2.56. The molecule has 0 aliphatic carbocycles. The van der Waals surface area contributed by atoms with Crippen LogP contribution in [0.25, 0.3) is 10.2 Å². The van der Waals surface area contributed by atoms with Gasteiger partial charge >= 0.3 is 5.97 Å². The highest BCUT2D eigenvalue weighted by Crippen LogP contribution is 2.22. The van der Waals surface area contributed by atoms with Crippen molar-refractivity contribution in [2.45, 2.75) is 19.9 Å². The summed E-state index contributed by atoms with van der Waals surface area (Å²) >= 11 is 7.36. The normalized spacial score (nSPS) is 11.6. The first-order valence-electron chi connectivity index (χ1n) is 8.76. The van der Waals surface area contributed by atoms with Gasteiger partial charge in [-0.2, -0.15) is 4.99 Å². The first-order chi connectivity index (χ1) is 13.6. The van der Waals surface area contributed by atoms with Gasteiger partial charge in [0.05, 0.1) is 29.9 Å². The van der Waals surface area contributed by atoms with E-state index in [0.29, 0.717) is 15.6 Å². The lowest BCUT2D eigenvalue weighted by molar-refractivity contribution is -0.143. The Balaban J connectivity index is 1.81. The molecule has 0 unspecified atom stereocenters. The van der Waals surface area contributed by atoms with Crippen molar-refractivity contribution in [3.05, 3.63) is 58.4 Å². The van der Waals surface area contributed by atoms with Crippen LogP contribution in [0.3, 0.4) is 0 Å². The van der Waals surface area contributed by atoms with Crippen LogP contribution in [0.5, 0.6) is 5.75 Å². The van der Waals surface area contributed by atoms with Crippen LogP contribution in [0.2, 0.25) is 5.02 Å². The number of carbonyl (C=O) groups is 2. The van der Waals surface area contributed by atoms with E-state index in [9.17, 15) is 9.59 Å². The number of fused-ring (bicyclic) bond motifs is 1. The monoisotopic (exact) mass is 418 g/mol. The Morgan fingerprint density at radius 1 is 1.18 bits per heavy atom. The average Bonchev–Trinajstić information content (AvgIpc) is 2.98. The van der Waals surface area contributed by atoms with Crippen LogP contribution in [0.1, 0.15) is 13.3 Å². The van der Waals surface area contributed by atoms with Gasteiger partial charge in [0, 0.05) is 5.02 Å². The van der Waals surface area contributed by atoms with E-state index < -0.39 is 5.97 Å². The van der Waals surface area contributed by atoms with Gasteiger partial charge in [-0.1, -0.05) is 41.1 Å². The molecule has 0 aliphatic heterocycles. The maximum atomic E-state index is 12.3. The second kappa shape index (κ2) is 9.52. The number of hydrogen-bond acceptors (Lipinski definition) is 5. The molecule has 3 rings (SSSR count). The second-order valence-corrected chi connectivity index (χ2v) is 7.25. The number of halogens is 1. The Hall–Kier alpha value is -2.64. The van der Waals surface area contributed by atoms with Crippen molar-refractivity contribution in [1.29, 1.82) is 0 Å². The molecule has 1 heterocycles. The molecule has 1 amide bonds. The highest BCUT2D eigenvalue weighted by Gasteiger charge is 2.12. The van der Waals surface area contributed by atoms with E-state index in [2.05, 4.69) is 4.99 Å². The van der Waals surface area contributed by atoms with Gasteiger partial charge in [0.1, 0.15) is 12.3 Å². The lowest BCUT2D eigenvalue weighted by Crippen LogP contribution is -2.23. The van der Waals surface area contributed by atoms with Gasteiger partial charge in [-0.15, -0.1) is 0 Å². The van der Waals surface area contributed by atoms with E-state index >= 15 is 0 Å². The zero-order valence-electron chi connectivity index (χ0n) is 15.3. The molecule has 0 fully saturated rings. The topological polar surface area (TPSA) is 69.9 Å². The van der Waals surface area contributed by atoms with Gasteiger partial charge in [-0.25, -0.2) is 0 Å². The minimum absolute atomic E-state index is 0.0257. The Morgan fingerprint density at radius 3 is 2.71 bits per heavy atom. The third-order valence-electron chi connectivity index (χ3n) is 3.79. The van der Waals surface area contributed by atoms with E-state index in [1.54, 1.807) is 29.7 Å². The Bertz CT molecular complexity index is 1040. The van der Waals surface area contributed by atoms with Crippen LogP contribution >= 0.6 is 22.9 Å². The molecular formula is C20H19ClN2O4S. The fraction of sp³-hybridized carbons (Fsp3) is 0.250. The molecule has 6 nitrogen and oxygen atoms in total. The first-order valence-corrected chi connectivity index (χ1v) is 9.96. The molecular weight excluding hydrogens is 400 g/mol. The van der Waals surface area contributed by atoms with Gasteiger partial charge in [-0.3, -0.25) is 9.59 Å². The Morgan fingerprint density at radius 2 is 1.96 bits per heavy atom. The molecule has 0 spiro atoms. The first kappa shape index (κ1) is 20.1. The highest BCUT2D eigenvalue weighted by atomic mass is 35.5. The van der Waals surface area contributed by atoms with Crippen LogP contribution in [0.4, 0.5) is 0 Å². The van der Waals surface area contributed by atoms with Crippen molar-refractivity contribution in [2.24, 2.45) is 4.99 Å². The molecule has 8 heteroatoms. The number of hydrogen-bond donors (Lipinski definition) is 0. The lowest BCUT2D eigenvalue weighted by atomic mass is 10.3. The molecule has 28 heavy (non-hydrogen) atoms. The van der Waals surface area contributed by atoms with Crippen molar-refractivity contribution < 1.29 is 19.1 Å². The smallest absolute Gasteiger partial charge is 0.326 e. The molecule has 0 saturated carbocycles. The SMILES string of the molecule is CCOC(=O)Cn1c(=NC(=O)CCOc2ccccc2)sc2cc(Cl)ccc21. The summed E-state index contributed by atoms with van der Waals surface area (Å²) in [7, 11) is 0. The van der Waals surface area contributed by atoms with E-state index in [1.165, 1.54) is 11.3 Å². The molecule has 3 aromatic rings. The third kappa shape index (κ3) is 5.21. The molecule has 2 aromatic carbocycles. The number of para-hydroxylation sites is 1. The summed E-state index contributed by atoms with van der Waals surface area (Å²) in [4.78, 5) is 28.9. The predicted octanol–water partition coefficient (Wildman–Crippen LogP) is 3.82. The van der Waals surface area contributed by atoms with Gasteiger partial charge in [0.25, 0.3) is 5.91 Å². The number of aromatic nitrogens is 1. The predicted molar refractivity (Wildman–Crippen MR) is 109 cm³/mol. The van der Waals surface area contributed by atoms with Crippen LogP contribution < -0.4 is 9.54 Å².